The minimum atomic E-state index is -0.474. The van der Waals surface area contributed by atoms with Gasteiger partial charge in [-0.15, -0.1) is 0 Å². The lowest BCUT2D eigenvalue weighted by atomic mass is 10.1. The molecule has 0 aliphatic rings. The van der Waals surface area contributed by atoms with Gasteiger partial charge in [-0.1, -0.05) is 5.16 Å². The van der Waals surface area contributed by atoms with Crippen LogP contribution in [0.5, 0.6) is 0 Å². The predicted octanol–water partition coefficient (Wildman–Crippen LogP) is 2.95. The summed E-state index contributed by atoms with van der Waals surface area (Å²) >= 11 is 0. The SMILES string of the molecule is Cc1noc(C)c1C(C)Nc1ccc([N+](=O)[O-])cc1N. The van der Waals surface area contributed by atoms with Crippen LogP contribution in [0.2, 0.25) is 0 Å². The molecule has 0 saturated carbocycles. The lowest BCUT2D eigenvalue weighted by molar-refractivity contribution is -0.384. The van der Waals surface area contributed by atoms with E-state index < -0.39 is 4.92 Å². The van der Waals surface area contributed by atoms with Gasteiger partial charge in [0.25, 0.3) is 5.69 Å². The van der Waals surface area contributed by atoms with Crippen molar-refractivity contribution in [3.8, 4) is 0 Å². The summed E-state index contributed by atoms with van der Waals surface area (Å²) < 4.78 is 5.12. The molecule has 3 N–H and O–H groups in total. The number of aryl methyl sites for hydroxylation is 2. The molecule has 0 aliphatic carbocycles. The summed E-state index contributed by atoms with van der Waals surface area (Å²) in [6.07, 6.45) is 0. The highest BCUT2D eigenvalue weighted by molar-refractivity contribution is 5.70. The maximum Gasteiger partial charge on any atom is 0.271 e. The van der Waals surface area contributed by atoms with Crippen LogP contribution < -0.4 is 11.1 Å². The number of nitrogen functional groups attached to an aromatic ring is 1. The molecule has 0 bridgehead atoms. The minimum Gasteiger partial charge on any atom is -0.397 e. The second kappa shape index (κ2) is 5.20. The summed E-state index contributed by atoms with van der Waals surface area (Å²) in [6, 6.07) is 4.29. The van der Waals surface area contributed by atoms with Gasteiger partial charge in [-0.05, 0) is 26.8 Å². The number of hydrogen-bond donors (Lipinski definition) is 2. The van der Waals surface area contributed by atoms with E-state index in [9.17, 15) is 10.1 Å². The standard InChI is InChI=1S/C13H16N4O3/c1-7(13-8(2)16-20-9(13)3)15-12-5-4-10(17(18)19)6-11(12)14/h4-7,15H,14H2,1-3H3. The van der Waals surface area contributed by atoms with E-state index >= 15 is 0 Å². The molecule has 0 aliphatic heterocycles. The molecule has 20 heavy (non-hydrogen) atoms. The van der Waals surface area contributed by atoms with Crippen molar-refractivity contribution in [3.63, 3.8) is 0 Å². The Kier molecular flexibility index (Phi) is 3.60. The zero-order chi connectivity index (χ0) is 14.9. The Labute approximate surface area is 115 Å². The zero-order valence-corrected chi connectivity index (χ0v) is 11.5. The van der Waals surface area contributed by atoms with Crippen LogP contribution >= 0.6 is 0 Å². The molecular weight excluding hydrogens is 260 g/mol. The molecule has 7 heteroatoms. The number of non-ortho nitro benzene ring substituents is 1. The summed E-state index contributed by atoms with van der Waals surface area (Å²) in [6.45, 7) is 5.66. The van der Waals surface area contributed by atoms with Crippen molar-refractivity contribution < 1.29 is 9.45 Å². The van der Waals surface area contributed by atoms with Gasteiger partial charge in [0.15, 0.2) is 0 Å². The molecule has 1 aromatic heterocycles. The number of benzene rings is 1. The highest BCUT2D eigenvalue weighted by Gasteiger charge is 2.17. The molecule has 0 spiro atoms. The Morgan fingerprint density at radius 3 is 2.65 bits per heavy atom. The van der Waals surface area contributed by atoms with E-state index in [0.29, 0.717) is 11.4 Å². The average molecular weight is 276 g/mol. The number of hydrogen-bond acceptors (Lipinski definition) is 6. The Hall–Kier alpha value is -2.57. The molecule has 1 heterocycles. The van der Waals surface area contributed by atoms with E-state index in [1.807, 2.05) is 20.8 Å². The third-order valence-corrected chi connectivity index (χ3v) is 3.14. The zero-order valence-electron chi connectivity index (χ0n) is 11.5. The molecule has 0 radical (unpaired) electrons. The first kappa shape index (κ1) is 13.9. The first-order valence-electron chi connectivity index (χ1n) is 6.13. The molecule has 1 atom stereocenters. The smallest absolute Gasteiger partial charge is 0.271 e. The number of nitrogens with zero attached hydrogens (tertiary/aromatic N) is 2. The molecule has 1 aromatic carbocycles. The van der Waals surface area contributed by atoms with Gasteiger partial charge in [0.1, 0.15) is 5.76 Å². The normalized spacial score (nSPS) is 12.2. The fraction of sp³-hybridized carbons (Fsp3) is 0.308. The minimum absolute atomic E-state index is 0.0296. The molecule has 106 valence electrons. The van der Waals surface area contributed by atoms with Gasteiger partial charge >= 0.3 is 0 Å². The fourth-order valence-electron chi connectivity index (χ4n) is 2.21. The van der Waals surface area contributed by atoms with Crippen LogP contribution in [-0.2, 0) is 0 Å². The molecule has 2 aromatic rings. The summed E-state index contributed by atoms with van der Waals surface area (Å²) in [5.74, 6) is 0.739. The lowest BCUT2D eigenvalue weighted by Gasteiger charge is -2.16. The quantitative estimate of drug-likeness (QED) is 0.505. The van der Waals surface area contributed by atoms with Gasteiger partial charge in [-0.3, -0.25) is 10.1 Å². The summed E-state index contributed by atoms with van der Waals surface area (Å²) in [5.41, 5.74) is 8.54. The number of nitro groups is 1. The van der Waals surface area contributed by atoms with Crippen molar-refractivity contribution in [2.75, 3.05) is 11.1 Å². The van der Waals surface area contributed by atoms with Crippen molar-refractivity contribution >= 4 is 17.1 Å². The van der Waals surface area contributed by atoms with E-state index in [1.54, 1.807) is 6.07 Å². The monoisotopic (exact) mass is 276 g/mol. The van der Waals surface area contributed by atoms with Crippen LogP contribution in [-0.4, -0.2) is 10.1 Å². The van der Waals surface area contributed by atoms with Gasteiger partial charge in [-0.2, -0.15) is 0 Å². The summed E-state index contributed by atoms with van der Waals surface area (Å²) in [7, 11) is 0. The van der Waals surface area contributed by atoms with Crippen LogP contribution in [0.1, 0.15) is 30.0 Å². The largest absolute Gasteiger partial charge is 0.397 e. The molecular formula is C13H16N4O3. The Bertz CT molecular complexity index is 632. The Balaban J connectivity index is 2.24. The van der Waals surface area contributed by atoms with Gasteiger partial charge in [0, 0.05) is 17.7 Å². The van der Waals surface area contributed by atoms with Gasteiger partial charge < -0.3 is 15.6 Å². The van der Waals surface area contributed by atoms with Crippen LogP contribution in [0.25, 0.3) is 0 Å². The highest BCUT2D eigenvalue weighted by atomic mass is 16.6. The number of anilines is 2. The first-order valence-corrected chi connectivity index (χ1v) is 6.13. The first-order chi connectivity index (χ1) is 9.40. The van der Waals surface area contributed by atoms with Crippen LogP contribution in [0, 0.1) is 24.0 Å². The number of nitrogens with two attached hydrogens (primary N) is 1. The number of aromatic nitrogens is 1. The average Bonchev–Trinajstić information content (AvgIpc) is 2.71. The molecule has 1 unspecified atom stereocenters. The fourth-order valence-corrected chi connectivity index (χ4v) is 2.21. The highest BCUT2D eigenvalue weighted by Crippen LogP contribution is 2.29. The van der Waals surface area contributed by atoms with Crippen LogP contribution in [0.3, 0.4) is 0 Å². The second-order valence-electron chi connectivity index (χ2n) is 4.63. The number of rotatable bonds is 4. The van der Waals surface area contributed by atoms with E-state index in [-0.39, 0.29) is 11.7 Å². The second-order valence-corrected chi connectivity index (χ2v) is 4.63. The van der Waals surface area contributed by atoms with Gasteiger partial charge in [-0.25, -0.2) is 0 Å². The van der Waals surface area contributed by atoms with Gasteiger partial charge in [0.05, 0.1) is 28.0 Å². The topological polar surface area (TPSA) is 107 Å². The van der Waals surface area contributed by atoms with Crippen molar-refractivity contribution in [1.82, 2.24) is 5.16 Å². The van der Waals surface area contributed by atoms with E-state index in [0.717, 1.165) is 17.0 Å². The maximum atomic E-state index is 10.7. The van der Waals surface area contributed by atoms with Crippen molar-refractivity contribution in [2.45, 2.75) is 26.8 Å². The molecule has 0 saturated heterocycles. The van der Waals surface area contributed by atoms with Crippen molar-refractivity contribution in [1.29, 1.82) is 0 Å². The summed E-state index contributed by atoms with van der Waals surface area (Å²) in [5, 5.41) is 17.8. The molecule has 0 amide bonds. The van der Waals surface area contributed by atoms with Crippen LogP contribution in [0.15, 0.2) is 22.7 Å². The van der Waals surface area contributed by atoms with Crippen molar-refractivity contribution in [3.05, 3.63) is 45.3 Å². The number of nitrogens with one attached hydrogen (secondary N) is 1. The number of nitro benzene ring substituents is 1. The van der Waals surface area contributed by atoms with E-state index in [2.05, 4.69) is 10.5 Å². The third kappa shape index (κ3) is 2.56. The maximum absolute atomic E-state index is 10.7. The van der Waals surface area contributed by atoms with Crippen LogP contribution in [0.4, 0.5) is 17.1 Å². The third-order valence-electron chi connectivity index (χ3n) is 3.14. The van der Waals surface area contributed by atoms with E-state index in [4.69, 9.17) is 10.3 Å². The molecule has 0 fully saturated rings. The predicted molar refractivity (Wildman–Crippen MR) is 75.5 cm³/mol. The molecule has 2 rings (SSSR count). The van der Waals surface area contributed by atoms with E-state index in [1.165, 1.54) is 12.1 Å². The Morgan fingerprint density at radius 1 is 1.45 bits per heavy atom. The molecule has 7 nitrogen and oxygen atoms in total. The van der Waals surface area contributed by atoms with Gasteiger partial charge in [0.2, 0.25) is 0 Å². The van der Waals surface area contributed by atoms with Crippen molar-refractivity contribution in [2.24, 2.45) is 0 Å². The lowest BCUT2D eigenvalue weighted by Crippen LogP contribution is -2.10. The Morgan fingerprint density at radius 2 is 2.15 bits per heavy atom. The summed E-state index contributed by atoms with van der Waals surface area (Å²) in [4.78, 5) is 10.2.